The standard InChI is InChI=1S/C12H11Br2NOS/c1-16-10-5-8(13)4-9(6-10)15-7-11-2-3-12(14)17-11/h2-6,15H,7H2,1H3. The number of hydrogen-bond donors (Lipinski definition) is 1. The van der Waals surface area contributed by atoms with Crippen LogP contribution in [0.15, 0.2) is 38.6 Å². The first-order chi connectivity index (χ1) is 8.17. The Morgan fingerprint density at radius 1 is 1.24 bits per heavy atom. The molecule has 1 N–H and O–H groups in total. The minimum absolute atomic E-state index is 0.815. The fourth-order valence-corrected chi connectivity index (χ4v) is 3.31. The van der Waals surface area contributed by atoms with E-state index in [4.69, 9.17) is 4.74 Å². The molecule has 0 saturated heterocycles. The van der Waals surface area contributed by atoms with Crippen LogP contribution in [0.5, 0.6) is 5.75 Å². The third-order valence-electron chi connectivity index (χ3n) is 2.20. The van der Waals surface area contributed by atoms with Gasteiger partial charge in [-0.3, -0.25) is 0 Å². The van der Waals surface area contributed by atoms with E-state index in [2.05, 4.69) is 49.3 Å². The van der Waals surface area contributed by atoms with Crippen molar-refractivity contribution in [2.45, 2.75) is 6.54 Å². The average molecular weight is 377 g/mol. The molecule has 0 aliphatic rings. The zero-order valence-corrected chi connectivity index (χ0v) is 13.2. The lowest BCUT2D eigenvalue weighted by Gasteiger charge is -2.08. The van der Waals surface area contributed by atoms with E-state index in [1.54, 1.807) is 18.4 Å². The van der Waals surface area contributed by atoms with Crippen molar-refractivity contribution in [2.24, 2.45) is 0 Å². The third kappa shape index (κ3) is 3.72. The minimum atomic E-state index is 0.815. The Balaban J connectivity index is 2.05. The highest BCUT2D eigenvalue weighted by Crippen LogP contribution is 2.26. The number of ether oxygens (including phenoxy) is 1. The predicted molar refractivity (Wildman–Crippen MR) is 80.0 cm³/mol. The molecule has 5 heteroatoms. The lowest BCUT2D eigenvalue weighted by atomic mass is 10.3. The predicted octanol–water partition coefficient (Wildman–Crippen LogP) is 4.89. The fraction of sp³-hybridized carbons (Fsp3) is 0.167. The van der Waals surface area contributed by atoms with E-state index in [1.807, 2.05) is 18.2 Å². The van der Waals surface area contributed by atoms with Gasteiger partial charge < -0.3 is 10.1 Å². The van der Waals surface area contributed by atoms with Crippen LogP contribution in [0.4, 0.5) is 5.69 Å². The smallest absolute Gasteiger partial charge is 0.122 e. The van der Waals surface area contributed by atoms with Gasteiger partial charge in [-0.1, -0.05) is 15.9 Å². The van der Waals surface area contributed by atoms with E-state index in [-0.39, 0.29) is 0 Å². The summed E-state index contributed by atoms with van der Waals surface area (Å²) in [5.74, 6) is 0.842. The largest absolute Gasteiger partial charge is 0.497 e. The average Bonchev–Trinajstić information content (AvgIpc) is 2.72. The summed E-state index contributed by atoms with van der Waals surface area (Å²) in [5.41, 5.74) is 1.04. The molecule has 0 aliphatic heterocycles. The maximum atomic E-state index is 5.22. The molecule has 17 heavy (non-hydrogen) atoms. The molecule has 2 aromatic rings. The van der Waals surface area contributed by atoms with Gasteiger partial charge in [-0.05, 0) is 40.2 Å². The highest BCUT2D eigenvalue weighted by atomic mass is 79.9. The first-order valence-electron chi connectivity index (χ1n) is 5.00. The summed E-state index contributed by atoms with van der Waals surface area (Å²) >= 11 is 8.65. The Hall–Kier alpha value is -0.520. The second kappa shape index (κ2) is 5.89. The lowest BCUT2D eigenvalue weighted by molar-refractivity contribution is 0.414. The van der Waals surface area contributed by atoms with Gasteiger partial charge in [0.15, 0.2) is 0 Å². The highest BCUT2D eigenvalue weighted by Gasteiger charge is 2.01. The highest BCUT2D eigenvalue weighted by molar-refractivity contribution is 9.11. The molecular formula is C12H11Br2NOS. The monoisotopic (exact) mass is 375 g/mol. The summed E-state index contributed by atoms with van der Waals surface area (Å²) in [4.78, 5) is 1.29. The number of thiophene rings is 1. The second-order valence-electron chi connectivity index (χ2n) is 3.44. The molecule has 0 radical (unpaired) electrons. The van der Waals surface area contributed by atoms with Crippen LogP contribution >= 0.6 is 43.2 Å². The number of benzene rings is 1. The van der Waals surface area contributed by atoms with Gasteiger partial charge in [-0.25, -0.2) is 0 Å². The quantitative estimate of drug-likeness (QED) is 0.819. The zero-order chi connectivity index (χ0) is 12.3. The van der Waals surface area contributed by atoms with Crippen LogP contribution in [0.25, 0.3) is 0 Å². The SMILES string of the molecule is COc1cc(Br)cc(NCc2ccc(Br)s2)c1. The number of methoxy groups -OCH3 is 1. The van der Waals surface area contributed by atoms with Crippen LogP contribution in [-0.4, -0.2) is 7.11 Å². The first-order valence-corrected chi connectivity index (χ1v) is 7.40. The van der Waals surface area contributed by atoms with Crippen molar-refractivity contribution < 1.29 is 4.74 Å². The molecule has 1 aromatic heterocycles. The maximum Gasteiger partial charge on any atom is 0.122 e. The van der Waals surface area contributed by atoms with Crippen LogP contribution in [0.2, 0.25) is 0 Å². The van der Waals surface area contributed by atoms with E-state index in [9.17, 15) is 0 Å². The van der Waals surface area contributed by atoms with Gasteiger partial charge in [0.05, 0.1) is 10.9 Å². The molecule has 0 fully saturated rings. The normalized spacial score (nSPS) is 10.3. The van der Waals surface area contributed by atoms with Crippen LogP contribution in [-0.2, 0) is 6.54 Å². The van der Waals surface area contributed by atoms with Crippen LogP contribution in [0.3, 0.4) is 0 Å². The van der Waals surface area contributed by atoms with E-state index in [0.29, 0.717) is 0 Å². The summed E-state index contributed by atoms with van der Waals surface area (Å²) in [6.45, 7) is 0.815. The van der Waals surface area contributed by atoms with Gasteiger partial charge >= 0.3 is 0 Å². The number of anilines is 1. The van der Waals surface area contributed by atoms with Crippen molar-refractivity contribution in [1.29, 1.82) is 0 Å². The van der Waals surface area contributed by atoms with Crippen LogP contribution < -0.4 is 10.1 Å². The molecule has 0 amide bonds. The fourth-order valence-electron chi connectivity index (χ4n) is 1.42. The molecule has 0 saturated carbocycles. The molecule has 1 heterocycles. The molecule has 0 spiro atoms. The van der Waals surface area contributed by atoms with E-state index in [0.717, 1.165) is 26.2 Å². The third-order valence-corrected chi connectivity index (χ3v) is 4.28. The van der Waals surface area contributed by atoms with Gasteiger partial charge in [-0.2, -0.15) is 0 Å². The Morgan fingerprint density at radius 2 is 2.06 bits per heavy atom. The molecule has 90 valence electrons. The molecule has 0 atom stereocenters. The van der Waals surface area contributed by atoms with Gasteiger partial charge in [-0.15, -0.1) is 11.3 Å². The summed E-state index contributed by atoms with van der Waals surface area (Å²) < 4.78 is 7.38. The Kier molecular flexibility index (Phi) is 4.48. The number of hydrogen-bond acceptors (Lipinski definition) is 3. The van der Waals surface area contributed by atoms with Gasteiger partial charge in [0.25, 0.3) is 0 Å². The number of nitrogens with one attached hydrogen (secondary N) is 1. The lowest BCUT2D eigenvalue weighted by Crippen LogP contribution is -1.97. The van der Waals surface area contributed by atoms with Gasteiger partial charge in [0, 0.05) is 27.6 Å². The van der Waals surface area contributed by atoms with Crippen molar-refractivity contribution in [1.82, 2.24) is 0 Å². The first kappa shape index (κ1) is 12.9. The minimum Gasteiger partial charge on any atom is -0.497 e. The molecule has 0 aliphatic carbocycles. The Bertz CT molecular complexity index is 513. The molecule has 2 rings (SSSR count). The number of halogens is 2. The van der Waals surface area contributed by atoms with Crippen molar-refractivity contribution >= 4 is 48.9 Å². The van der Waals surface area contributed by atoms with Crippen LogP contribution in [0.1, 0.15) is 4.88 Å². The molecular weight excluding hydrogens is 366 g/mol. The molecule has 0 bridgehead atoms. The topological polar surface area (TPSA) is 21.3 Å². The van der Waals surface area contributed by atoms with E-state index in [1.165, 1.54) is 4.88 Å². The Morgan fingerprint density at radius 3 is 2.71 bits per heavy atom. The Labute approximate surface area is 121 Å². The van der Waals surface area contributed by atoms with E-state index >= 15 is 0 Å². The summed E-state index contributed by atoms with van der Waals surface area (Å²) in [6.07, 6.45) is 0. The maximum absolute atomic E-state index is 5.22. The van der Waals surface area contributed by atoms with E-state index < -0.39 is 0 Å². The molecule has 1 aromatic carbocycles. The van der Waals surface area contributed by atoms with Gasteiger partial charge in [0.1, 0.15) is 5.75 Å². The van der Waals surface area contributed by atoms with Crippen molar-refractivity contribution in [2.75, 3.05) is 12.4 Å². The van der Waals surface area contributed by atoms with Crippen LogP contribution in [0, 0.1) is 0 Å². The van der Waals surface area contributed by atoms with Crippen molar-refractivity contribution in [3.63, 3.8) is 0 Å². The number of rotatable bonds is 4. The van der Waals surface area contributed by atoms with Gasteiger partial charge in [0.2, 0.25) is 0 Å². The molecule has 0 unspecified atom stereocenters. The molecule has 2 nitrogen and oxygen atoms in total. The second-order valence-corrected chi connectivity index (χ2v) is 6.90. The summed E-state index contributed by atoms with van der Waals surface area (Å²) in [5, 5.41) is 3.37. The van der Waals surface area contributed by atoms with Crippen molar-refractivity contribution in [3.05, 3.63) is 43.5 Å². The summed E-state index contributed by atoms with van der Waals surface area (Å²) in [6, 6.07) is 10.1. The van der Waals surface area contributed by atoms with Crippen molar-refractivity contribution in [3.8, 4) is 5.75 Å². The summed E-state index contributed by atoms with van der Waals surface area (Å²) in [7, 11) is 1.67. The zero-order valence-electron chi connectivity index (χ0n) is 9.17.